The van der Waals surface area contributed by atoms with E-state index in [1.54, 1.807) is 0 Å². The summed E-state index contributed by atoms with van der Waals surface area (Å²) >= 11 is 0. The molecule has 0 aromatic carbocycles. The summed E-state index contributed by atoms with van der Waals surface area (Å²) < 4.78 is 0. The Morgan fingerprint density at radius 1 is 0.633 bits per heavy atom. The van der Waals surface area contributed by atoms with E-state index < -0.39 is 6.04 Å². The van der Waals surface area contributed by atoms with Gasteiger partial charge in [-0.1, -0.05) is 62.3 Å². The summed E-state index contributed by atoms with van der Waals surface area (Å²) in [5, 5.41) is 8.67. The maximum absolute atomic E-state index is 12.7. The molecule has 0 saturated carbocycles. The molecule has 176 valence electrons. The molecule has 1 atom stereocenters. The van der Waals surface area contributed by atoms with Gasteiger partial charge in [0.15, 0.2) is 0 Å². The second-order valence-electron chi connectivity index (χ2n) is 12.0. The Hall–Kier alpha value is -1.59. The first-order valence-corrected chi connectivity index (χ1v) is 11.3. The SMILES string of the molecule is CC(C)(C)CCNC(=O)CCC(NC(=O)CCC(C)(C)C)C(=O)NCCC(C)(C)C. The van der Waals surface area contributed by atoms with Crippen molar-refractivity contribution >= 4 is 17.7 Å². The van der Waals surface area contributed by atoms with Crippen molar-refractivity contribution in [2.24, 2.45) is 16.2 Å². The lowest BCUT2D eigenvalue weighted by molar-refractivity contribution is -0.130. The van der Waals surface area contributed by atoms with Gasteiger partial charge in [0.05, 0.1) is 0 Å². The molecule has 0 bridgehead atoms. The van der Waals surface area contributed by atoms with E-state index in [2.05, 4.69) is 78.3 Å². The smallest absolute Gasteiger partial charge is 0.242 e. The fourth-order valence-corrected chi connectivity index (χ4v) is 2.65. The number of nitrogens with one attached hydrogen (secondary N) is 3. The molecule has 0 aromatic rings. The van der Waals surface area contributed by atoms with Crippen LogP contribution in [0.3, 0.4) is 0 Å². The Morgan fingerprint density at radius 3 is 1.57 bits per heavy atom. The summed E-state index contributed by atoms with van der Waals surface area (Å²) in [6.45, 7) is 20.2. The number of rotatable bonds is 11. The highest BCUT2D eigenvalue weighted by atomic mass is 16.2. The van der Waals surface area contributed by atoms with Crippen LogP contribution in [0, 0.1) is 16.2 Å². The maximum atomic E-state index is 12.7. The van der Waals surface area contributed by atoms with Crippen molar-refractivity contribution in [1.82, 2.24) is 16.0 Å². The fraction of sp³-hybridized carbons (Fsp3) is 0.875. The molecule has 6 heteroatoms. The van der Waals surface area contributed by atoms with Crippen molar-refractivity contribution < 1.29 is 14.4 Å². The predicted octanol–water partition coefficient (Wildman–Crippen LogP) is 4.18. The highest BCUT2D eigenvalue weighted by molar-refractivity contribution is 5.88. The topological polar surface area (TPSA) is 87.3 Å². The van der Waals surface area contributed by atoms with Gasteiger partial charge in [0.1, 0.15) is 6.04 Å². The average molecular weight is 426 g/mol. The summed E-state index contributed by atoms with van der Waals surface area (Å²) in [4.78, 5) is 37.2. The summed E-state index contributed by atoms with van der Waals surface area (Å²) in [5.41, 5.74) is 0.324. The van der Waals surface area contributed by atoms with Crippen LogP contribution in [-0.4, -0.2) is 36.9 Å². The zero-order chi connectivity index (χ0) is 23.6. The molecule has 0 aliphatic carbocycles. The van der Waals surface area contributed by atoms with Gasteiger partial charge in [0.2, 0.25) is 17.7 Å². The Labute approximate surface area is 184 Å². The van der Waals surface area contributed by atoms with Gasteiger partial charge >= 0.3 is 0 Å². The summed E-state index contributed by atoms with van der Waals surface area (Å²) in [5.74, 6) is -0.449. The molecule has 3 N–H and O–H groups in total. The van der Waals surface area contributed by atoms with Crippen LogP contribution in [0.25, 0.3) is 0 Å². The van der Waals surface area contributed by atoms with Gasteiger partial charge in [-0.2, -0.15) is 0 Å². The van der Waals surface area contributed by atoms with E-state index in [9.17, 15) is 14.4 Å². The van der Waals surface area contributed by atoms with E-state index in [4.69, 9.17) is 0 Å². The zero-order valence-corrected chi connectivity index (χ0v) is 21.0. The minimum atomic E-state index is -0.689. The quantitative estimate of drug-likeness (QED) is 0.464. The van der Waals surface area contributed by atoms with Gasteiger partial charge in [-0.3, -0.25) is 14.4 Å². The van der Waals surface area contributed by atoms with Crippen LogP contribution >= 0.6 is 0 Å². The first-order valence-electron chi connectivity index (χ1n) is 11.3. The molecule has 0 spiro atoms. The molecule has 0 aliphatic heterocycles. The van der Waals surface area contributed by atoms with Crippen LogP contribution in [0.15, 0.2) is 0 Å². The minimum Gasteiger partial charge on any atom is -0.356 e. The monoisotopic (exact) mass is 425 g/mol. The fourth-order valence-electron chi connectivity index (χ4n) is 2.65. The van der Waals surface area contributed by atoms with Crippen molar-refractivity contribution in [1.29, 1.82) is 0 Å². The van der Waals surface area contributed by atoms with Gasteiger partial charge in [0, 0.05) is 25.9 Å². The number of carbonyl (C=O) groups is 3. The second kappa shape index (κ2) is 12.3. The second-order valence-corrected chi connectivity index (χ2v) is 12.0. The van der Waals surface area contributed by atoms with Crippen LogP contribution < -0.4 is 16.0 Å². The van der Waals surface area contributed by atoms with Crippen LogP contribution in [0.2, 0.25) is 0 Å². The molecule has 6 nitrogen and oxygen atoms in total. The lowest BCUT2D eigenvalue weighted by Crippen LogP contribution is -2.48. The van der Waals surface area contributed by atoms with Gasteiger partial charge in [-0.25, -0.2) is 0 Å². The van der Waals surface area contributed by atoms with Crippen molar-refractivity contribution in [3.05, 3.63) is 0 Å². The molecule has 1 unspecified atom stereocenters. The molecule has 0 fully saturated rings. The van der Waals surface area contributed by atoms with Gasteiger partial charge in [-0.15, -0.1) is 0 Å². The molecule has 0 aliphatic rings. The molecule has 30 heavy (non-hydrogen) atoms. The Bertz CT molecular complexity index is 552. The molecule has 0 rings (SSSR count). The molecule has 0 radical (unpaired) electrons. The number of carbonyl (C=O) groups excluding carboxylic acids is 3. The molecular formula is C24H47N3O3. The zero-order valence-electron chi connectivity index (χ0n) is 21.0. The van der Waals surface area contributed by atoms with Crippen LogP contribution in [0.5, 0.6) is 0 Å². The third-order valence-corrected chi connectivity index (χ3v) is 4.79. The largest absolute Gasteiger partial charge is 0.356 e. The molecule has 0 saturated heterocycles. The lowest BCUT2D eigenvalue weighted by atomic mass is 9.90. The first-order chi connectivity index (χ1) is 13.5. The van der Waals surface area contributed by atoms with E-state index in [0.29, 0.717) is 25.9 Å². The van der Waals surface area contributed by atoms with Crippen molar-refractivity contribution in [2.75, 3.05) is 13.1 Å². The normalized spacial score (nSPS) is 13.5. The van der Waals surface area contributed by atoms with Gasteiger partial charge in [0.25, 0.3) is 0 Å². The van der Waals surface area contributed by atoms with Crippen LogP contribution in [0.1, 0.15) is 101 Å². The summed E-state index contributed by atoms with van der Waals surface area (Å²) in [6.07, 6.45) is 3.35. The number of amides is 3. The predicted molar refractivity (Wildman–Crippen MR) is 124 cm³/mol. The maximum Gasteiger partial charge on any atom is 0.242 e. The van der Waals surface area contributed by atoms with Crippen LogP contribution in [0.4, 0.5) is 0 Å². The molecule has 0 aromatic heterocycles. The standard InChI is InChI=1S/C24H47N3O3/c1-22(2,3)13-12-20(29)27-18(21(30)26-17-15-24(7,8)9)10-11-19(28)25-16-14-23(4,5)6/h18H,10-17H2,1-9H3,(H,25,28)(H,26,30)(H,27,29). The summed E-state index contributed by atoms with van der Waals surface area (Å²) in [6, 6.07) is -0.689. The Kier molecular flexibility index (Phi) is 11.7. The highest BCUT2D eigenvalue weighted by Crippen LogP contribution is 2.20. The summed E-state index contributed by atoms with van der Waals surface area (Å²) in [7, 11) is 0. The molecule has 0 heterocycles. The van der Waals surface area contributed by atoms with Crippen LogP contribution in [-0.2, 0) is 14.4 Å². The van der Waals surface area contributed by atoms with Crippen molar-refractivity contribution in [2.45, 2.75) is 107 Å². The van der Waals surface area contributed by atoms with E-state index in [-0.39, 0.29) is 40.4 Å². The number of hydrogen-bond acceptors (Lipinski definition) is 3. The minimum absolute atomic E-state index is 0.0503. The Morgan fingerprint density at radius 2 is 1.10 bits per heavy atom. The lowest BCUT2D eigenvalue weighted by Gasteiger charge is -2.23. The molecular weight excluding hydrogens is 378 g/mol. The van der Waals surface area contributed by atoms with E-state index in [1.165, 1.54) is 0 Å². The van der Waals surface area contributed by atoms with Gasteiger partial charge in [-0.05, 0) is 41.9 Å². The van der Waals surface area contributed by atoms with Crippen molar-refractivity contribution in [3.63, 3.8) is 0 Å². The van der Waals surface area contributed by atoms with E-state index in [0.717, 1.165) is 19.3 Å². The first kappa shape index (κ1) is 28.4. The number of hydrogen-bond donors (Lipinski definition) is 3. The highest BCUT2D eigenvalue weighted by Gasteiger charge is 2.23. The van der Waals surface area contributed by atoms with Gasteiger partial charge < -0.3 is 16.0 Å². The average Bonchev–Trinajstić information content (AvgIpc) is 2.53. The van der Waals surface area contributed by atoms with Crippen molar-refractivity contribution in [3.8, 4) is 0 Å². The third-order valence-electron chi connectivity index (χ3n) is 4.79. The Balaban J connectivity index is 4.74. The van der Waals surface area contributed by atoms with E-state index in [1.807, 2.05) is 0 Å². The van der Waals surface area contributed by atoms with E-state index >= 15 is 0 Å². The third kappa shape index (κ3) is 17.3. The molecule has 3 amide bonds.